The summed E-state index contributed by atoms with van der Waals surface area (Å²) in [6, 6.07) is 4.54. The van der Waals surface area contributed by atoms with Crippen LogP contribution in [-0.2, 0) is 4.79 Å². The summed E-state index contributed by atoms with van der Waals surface area (Å²) in [6.45, 7) is 2.65. The van der Waals surface area contributed by atoms with Crippen LogP contribution in [0.25, 0.3) is 0 Å². The summed E-state index contributed by atoms with van der Waals surface area (Å²) >= 11 is 0. The number of carbonyl (C=O) groups excluding carboxylic acids is 1. The molecule has 0 aromatic carbocycles. The Labute approximate surface area is 146 Å². The first-order valence-corrected chi connectivity index (χ1v) is 9.21. The Morgan fingerprint density at radius 3 is 2.72 bits per heavy atom. The quantitative estimate of drug-likeness (QED) is 0.854. The van der Waals surface area contributed by atoms with Crippen LogP contribution < -0.4 is 9.80 Å². The van der Waals surface area contributed by atoms with Gasteiger partial charge in [0.1, 0.15) is 0 Å². The first-order valence-electron chi connectivity index (χ1n) is 9.21. The molecular weight excluding hydrogens is 316 g/mol. The van der Waals surface area contributed by atoms with E-state index in [0.717, 1.165) is 49.7 Å². The van der Waals surface area contributed by atoms with Crippen LogP contribution in [0.2, 0.25) is 0 Å². The van der Waals surface area contributed by atoms with Gasteiger partial charge in [0.05, 0.1) is 23.6 Å². The van der Waals surface area contributed by atoms with Gasteiger partial charge >= 0.3 is 0 Å². The largest absolute Gasteiger partial charge is 0.353 e. The van der Waals surface area contributed by atoms with Gasteiger partial charge in [-0.2, -0.15) is 10.2 Å². The molecule has 130 valence electrons. The van der Waals surface area contributed by atoms with Gasteiger partial charge in [-0.25, -0.2) is 0 Å². The minimum Gasteiger partial charge on any atom is -0.353 e. The van der Waals surface area contributed by atoms with Gasteiger partial charge in [0, 0.05) is 38.2 Å². The van der Waals surface area contributed by atoms with Crippen molar-refractivity contribution in [2.45, 2.75) is 44.1 Å². The van der Waals surface area contributed by atoms with E-state index in [1.165, 1.54) is 12.8 Å². The summed E-state index contributed by atoms with van der Waals surface area (Å²) in [6.07, 6.45) is 8.95. The molecule has 0 spiro atoms. The maximum atomic E-state index is 11.9. The number of nitrogens with zero attached hydrogens (tertiary/aromatic N) is 6. The van der Waals surface area contributed by atoms with Crippen molar-refractivity contribution < 1.29 is 4.79 Å². The molecule has 1 unspecified atom stereocenters. The van der Waals surface area contributed by atoms with E-state index in [-0.39, 0.29) is 5.91 Å². The van der Waals surface area contributed by atoms with Gasteiger partial charge in [-0.05, 0) is 37.8 Å². The lowest BCUT2D eigenvalue weighted by atomic mass is 10.3. The van der Waals surface area contributed by atoms with Crippen LogP contribution >= 0.6 is 0 Å². The number of aromatic nitrogens is 4. The summed E-state index contributed by atoms with van der Waals surface area (Å²) in [7, 11) is 0. The number of hydrogen-bond acceptors (Lipinski definition) is 5. The number of rotatable bonds is 4. The fraction of sp³-hybridized carbons (Fsp3) is 0.556. The van der Waals surface area contributed by atoms with E-state index in [0.29, 0.717) is 18.4 Å². The zero-order chi connectivity index (χ0) is 16.8. The van der Waals surface area contributed by atoms with Gasteiger partial charge in [-0.15, -0.1) is 5.10 Å². The van der Waals surface area contributed by atoms with E-state index >= 15 is 0 Å². The number of hydrogen-bond donors (Lipinski definition) is 0. The molecule has 25 heavy (non-hydrogen) atoms. The van der Waals surface area contributed by atoms with Crippen molar-refractivity contribution >= 4 is 17.4 Å². The third-order valence-corrected chi connectivity index (χ3v) is 5.50. The van der Waals surface area contributed by atoms with Gasteiger partial charge in [-0.3, -0.25) is 9.48 Å². The van der Waals surface area contributed by atoms with Crippen LogP contribution in [0, 0.1) is 0 Å². The SMILES string of the molecule is O=C1CCCN1c1cnn(C2CCN(c3ccc(C4CC4)nn3)C2)c1. The predicted molar refractivity (Wildman–Crippen MR) is 93.7 cm³/mol. The highest BCUT2D eigenvalue weighted by Gasteiger charge is 2.29. The standard InChI is InChI=1S/C18H22N6O/c25-18-2-1-8-23(18)15-10-19-24(12-15)14-7-9-22(11-14)17-6-5-16(20-21-17)13-3-4-13/h5-6,10,12-14H,1-4,7-9,11H2. The van der Waals surface area contributed by atoms with Crippen molar-refractivity contribution in [1.29, 1.82) is 0 Å². The molecule has 0 N–H and O–H groups in total. The monoisotopic (exact) mass is 338 g/mol. The molecule has 0 radical (unpaired) electrons. The van der Waals surface area contributed by atoms with Crippen molar-refractivity contribution in [3.63, 3.8) is 0 Å². The minimum atomic E-state index is 0.207. The average Bonchev–Trinajstić information content (AvgIpc) is 3.02. The van der Waals surface area contributed by atoms with Crippen LogP contribution in [0.3, 0.4) is 0 Å². The van der Waals surface area contributed by atoms with Crippen molar-refractivity contribution in [1.82, 2.24) is 20.0 Å². The number of anilines is 2. The Morgan fingerprint density at radius 1 is 1.08 bits per heavy atom. The van der Waals surface area contributed by atoms with E-state index in [1.807, 2.05) is 22.0 Å². The highest BCUT2D eigenvalue weighted by atomic mass is 16.2. The molecule has 7 nitrogen and oxygen atoms in total. The lowest BCUT2D eigenvalue weighted by Gasteiger charge is -2.17. The van der Waals surface area contributed by atoms with Gasteiger partial charge in [0.25, 0.3) is 0 Å². The second kappa shape index (κ2) is 5.82. The first kappa shape index (κ1) is 14.9. The highest BCUT2D eigenvalue weighted by molar-refractivity contribution is 5.95. The molecule has 1 saturated carbocycles. The zero-order valence-electron chi connectivity index (χ0n) is 14.2. The molecule has 2 aliphatic heterocycles. The van der Waals surface area contributed by atoms with Crippen LogP contribution in [0.1, 0.15) is 49.8 Å². The summed E-state index contributed by atoms with van der Waals surface area (Å²) in [5.74, 6) is 1.80. The Hall–Kier alpha value is -2.44. The maximum absolute atomic E-state index is 11.9. The fourth-order valence-electron chi connectivity index (χ4n) is 3.86. The van der Waals surface area contributed by atoms with E-state index in [2.05, 4.69) is 32.3 Å². The molecule has 5 rings (SSSR count). The summed E-state index contributed by atoms with van der Waals surface area (Å²) < 4.78 is 2.01. The summed E-state index contributed by atoms with van der Waals surface area (Å²) in [5, 5.41) is 13.3. The van der Waals surface area contributed by atoms with Crippen LogP contribution in [0.4, 0.5) is 11.5 Å². The molecule has 0 bridgehead atoms. The second-order valence-corrected chi connectivity index (χ2v) is 7.31. The zero-order valence-corrected chi connectivity index (χ0v) is 14.2. The molecule has 1 amide bonds. The van der Waals surface area contributed by atoms with Crippen molar-refractivity contribution in [3.8, 4) is 0 Å². The van der Waals surface area contributed by atoms with Crippen LogP contribution in [0.5, 0.6) is 0 Å². The summed E-state index contributed by atoms with van der Waals surface area (Å²) in [5.41, 5.74) is 2.06. The molecule has 3 fully saturated rings. The Bertz CT molecular complexity index is 781. The first-order chi connectivity index (χ1) is 12.3. The van der Waals surface area contributed by atoms with Crippen molar-refractivity contribution in [3.05, 3.63) is 30.2 Å². The normalized spacial score (nSPS) is 23.7. The molecular formula is C18H22N6O. The van der Waals surface area contributed by atoms with E-state index in [4.69, 9.17) is 0 Å². The lowest BCUT2D eigenvalue weighted by molar-refractivity contribution is -0.117. The number of carbonyl (C=O) groups is 1. The second-order valence-electron chi connectivity index (χ2n) is 7.31. The van der Waals surface area contributed by atoms with Crippen LogP contribution in [0.15, 0.2) is 24.5 Å². The Balaban J connectivity index is 1.27. The van der Waals surface area contributed by atoms with Gasteiger partial charge in [0.2, 0.25) is 5.91 Å². The van der Waals surface area contributed by atoms with E-state index in [1.54, 1.807) is 0 Å². The van der Waals surface area contributed by atoms with Gasteiger partial charge in [-0.1, -0.05) is 0 Å². The van der Waals surface area contributed by atoms with Gasteiger partial charge in [0.15, 0.2) is 5.82 Å². The topological polar surface area (TPSA) is 67.2 Å². The van der Waals surface area contributed by atoms with E-state index in [9.17, 15) is 4.79 Å². The molecule has 2 aromatic heterocycles. The molecule has 3 aliphatic rings. The van der Waals surface area contributed by atoms with Crippen molar-refractivity contribution in [2.24, 2.45) is 0 Å². The predicted octanol–water partition coefficient (Wildman–Crippen LogP) is 2.13. The van der Waals surface area contributed by atoms with Gasteiger partial charge < -0.3 is 9.80 Å². The molecule has 2 saturated heterocycles. The fourth-order valence-corrected chi connectivity index (χ4v) is 3.86. The van der Waals surface area contributed by atoms with E-state index < -0.39 is 0 Å². The minimum absolute atomic E-state index is 0.207. The average molecular weight is 338 g/mol. The van der Waals surface area contributed by atoms with Crippen LogP contribution in [-0.4, -0.2) is 45.5 Å². The lowest BCUT2D eigenvalue weighted by Crippen LogP contribution is -2.23. The maximum Gasteiger partial charge on any atom is 0.227 e. The van der Waals surface area contributed by atoms with Crippen molar-refractivity contribution in [2.75, 3.05) is 29.4 Å². The molecule has 1 atom stereocenters. The third kappa shape index (κ3) is 2.77. The molecule has 4 heterocycles. The Kier molecular flexibility index (Phi) is 3.46. The molecule has 1 aliphatic carbocycles. The third-order valence-electron chi connectivity index (χ3n) is 5.50. The number of amides is 1. The molecule has 7 heteroatoms. The molecule has 2 aromatic rings. The smallest absolute Gasteiger partial charge is 0.227 e. The highest BCUT2D eigenvalue weighted by Crippen LogP contribution is 2.39. The summed E-state index contributed by atoms with van der Waals surface area (Å²) in [4.78, 5) is 16.0. The Morgan fingerprint density at radius 2 is 2.00 bits per heavy atom.